The van der Waals surface area contributed by atoms with Crippen molar-refractivity contribution in [1.82, 2.24) is 0 Å². The highest BCUT2D eigenvalue weighted by Crippen LogP contribution is 2.26. The number of hydrogen-bond donors (Lipinski definition) is 0. The molecule has 6 nitrogen and oxygen atoms in total. The predicted octanol–water partition coefficient (Wildman–Crippen LogP) is 3.61. The molecule has 1 saturated heterocycles. The first kappa shape index (κ1) is 21.0. The van der Waals surface area contributed by atoms with Gasteiger partial charge in [0, 0.05) is 6.42 Å². The molecule has 3 rings (SSSR count). The van der Waals surface area contributed by atoms with E-state index < -0.39 is 35.5 Å². The van der Waals surface area contributed by atoms with Crippen molar-refractivity contribution >= 4 is 28.8 Å². The molecule has 0 aliphatic carbocycles. The van der Waals surface area contributed by atoms with E-state index in [-0.39, 0.29) is 13.0 Å². The van der Waals surface area contributed by atoms with Crippen molar-refractivity contribution in [3.63, 3.8) is 0 Å². The number of hydrogen-bond acceptors (Lipinski definition) is 6. The van der Waals surface area contributed by atoms with E-state index in [1.54, 1.807) is 48.5 Å². The van der Waals surface area contributed by atoms with Gasteiger partial charge in [0.05, 0.1) is 11.1 Å². The van der Waals surface area contributed by atoms with Gasteiger partial charge >= 0.3 is 11.9 Å². The van der Waals surface area contributed by atoms with Gasteiger partial charge in [0.15, 0.2) is 0 Å². The number of ether oxygens (including phenoxy) is 3. The first-order valence-corrected chi connectivity index (χ1v) is 9.57. The SMILES string of the molecule is Cc1ccc(C(=O)OC[C@H]2O[C@@H](C(=O)Cl)C[C@@H]2OC(=O)c2ccc(C)cc2)cc1. The normalized spacial score (nSPS) is 20.9. The Kier molecular flexibility index (Phi) is 6.67. The Morgan fingerprint density at radius 2 is 1.45 bits per heavy atom. The van der Waals surface area contributed by atoms with Gasteiger partial charge in [-0.3, -0.25) is 4.79 Å². The van der Waals surface area contributed by atoms with Crippen LogP contribution < -0.4 is 0 Å². The fourth-order valence-electron chi connectivity index (χ4n) is 2.96. The van der Waals surface area contributed by atoms with Gasteiger partial charge in [0.2, 0.25) is 0 Å². The topological polar surface area (TPSA) is 78.9 Å². The summed E-state index contributed by atoms with van der Waals surface area (Å²) in [7, 11) is 0. The van der Waals surface area contributed by atoms with E-state index in [2.05, 4.69) is 0 Å². The third-order valence-electron chi connectivity index (χ3n) is 4.66. The van der Waals surface area contributed by atoms with Gasteiger partial charge in [-0.15, -0.1) is 0 Å². The number of carbonyl (C=O) groups is 3. The van der Waals surface area contributed by atoms with Gasteiger partial charge in [0.25, 0.3) is 5.24 Å². The second-order valence-electron chi connectivity index (χ2n) is 6.98. The second-order valence-corrected chi connectivity index (χ2v) is 7.35. The molecule has 0 amide bonds. The molecule has 29 heavy (non-hydrogen) atoms. The molecule has 2 aromatic rings. The molecule has 1 heterocycles. The predicted molar refractivity (Wildman–Crippen MR) is 106 cm³/mol. The molecular weight excluding hydrogens is 396 g/mol. The first-order valence-electron chi connectivity index (χ1n) is 9.19. The molecule has 0 spiro atoms. The summed E-state index contributed by atoms with van der Waals surface area (Å²) in [5, 5.41) is -0.686. The lowest BCUT2D eigenvalue weighted by Crippen LogP contribution is -2.32. The smallest absolute Gasteiger partial charge is 0.338 e. The lowest BCUT2D eigenvalue weighted by molar-refractivity contribution is -0.122. The molecular formula is C22H21ClO6. The maximum Gasteiger partial charge on any atom is 0.338 e. The summed E-state index contributed by atoms with van der Waals surface area (Å²) < 4.78 is 16.4. The Labute approximate surface area is 173 Å². The fraction of sp³-hybridized carbons (Fsp3) is 0.318. The van der Waals surface area contributed by atoms with Crippen LogP contribution >= 0.6 is 11.6 Å². The fourth-order valence-corrected chi connectivity index (χ4v) is 3.10. The molecule has 0 aromatic heterocycles. The summed E-state index contributed by atoms with van der Waals surface area (Å²) in [4.78, 5) is 36.2. The maximum atomic E-state index is 12.4. The van der Waals surface area contributed by atoms with Crippen LogP contribution in [0.5, 0.6) is 0 Å². The van der Waals surface area contributed by atoms with Crippen LogP contribution in [0, 0.1) is 13.8 Å². The van der Waals surface area contributed by atoms with E-state index in [1.165, 1.54) is 0 Å². The van der Waals surface area contributed by atoms with E-state index >= 15 is 0 Å². The van der Waals surface area contributed by atoms with Crippen molar-refractivity contribution in [2.45, 2.75) is 38.6 Å². The monoisotopic (exact) mass is 416 g/mol. The number of esters is 2. The van der Waals surface area contributed by atoms with Crippen LogP contribution in [0.15, 0.2) is 48.5 Å². The average Bonchev–Trinajstić information content (AvgIpc) is 3.10. The van der Waals surface area contributed by atoms with Crippen molar-refractivity contribution in [2.24, 2.45) is 0 Å². The van der Waals surface area contributed by atoms with Gasteiger partial charge in [-0.2, -0.15) is 0 Å². The van der Waals surface area contributed by atoms with Crippen LogP contribution in [0.4, 0.5) is 0 Å². The molecule has 1 fully saturated rings. The molecule has 1 aliphatic rings. The standard InChI is InChI=1S/C22H21ClO6/c1-13-3-7-15(8-4-13)21(25)27-12-19-17(11-18(28-19)20(23)24)29-22(26)16-9-5-14(2)6-10-16/h3-10,17-19H,11-12H2,1-2H3/t17-,18+,19+/m0/s1. The van der Waals surface area contributed by atoms with E-state index in [9.17, 15) is 14.4 Å². The number of benzene rings is 2. The van der Waals surface area contributed by atoms with Crippen LogP contribution in [-0.2, 0) is 19.0 Å². The molecule has 0 N–H and O–H groups in total. The minimum absolute atomic E-state index is 0.104. The number of aryl methyl sites for hydroxylation is 2. The van der Waals surface area contributed by atoms with Crippen molar-refractivity contribution in [2.75, 3.05) is 6.61 Å². The van der Waals surface area contributed by atoms with E-state index in [4.69, 9.17) is 25.8 Å². The average molecular weight is 417 g/mol. The molecule has 0 radical (unpaired) electrons. The lowest BCUT2D eigenvalue weighted by atomic mass is 10.1. The zero-order chi connectivity index (χ0) is 21.0. The van der Waals surface area contributed by atoms with Gasteiger partial charge in [-0.1, -0.05) is 35.4 Å². The Balaban J connectivity index is 1.65. The van der Waals surface area contributed by atoms with Crippen LogP contribution in [0.1, 0.15) is 38.3 Å². The Morgan fingerprint density at radius 1 is 0.931 bits per heavy atom. The zero-order valence-electron chi connectivity index (χ0n) is 16.1. The lowest BCUT2D eigenvalue weighted by Gasteiger charge is -2.19. The third-order valence-corrected chi connectivity index (χ3v) is 4.91. The Morgan fingerprint density at radius 3 is 1.97 bits per heavy atom. The summed E-state index contributed by atoms with van der Waals surface area (Å²) in [5.41, 5.74) is 2.81. The van der Waals surface area contributed by atoms with Crippen LogP contribution in [0.3, 0.4) is 0 Å². The summed E-state index contributed by atoms with van der Waals surface area (Å²) >= 11 is 5.55. The molecule has 2 aromatic carbocycles. The van der Waals surface area contributed by atoms with Crippen molar-refractivity contribution in [3.05, 3.63) is 70.8 Å². The molecule has 152 valence electrons. The van der Waals surface area contributed by atoms with E-state index in [0.717, 1.165) is 11.1 Å². The maximum absolute atomic E-state index is 12.4. The summed E-state index contributed by atoms with van der Waals surface area (Å²) in [6.07, 6.45) is -2.36. The summed E-state index contributed by atoms with van der Waals surface area (Å²) in [5.74, 6) is -1.08. The summed E-state index contributed by atoms with van der Waals surface area (Å²) in [6.45, 7) is 3.66. The van der Waals surface area contributed by atoms with Crippen molar-refractivity contribution < 1.29 is 28.6 Å². The second kappa shape index (κ2) is 9.20. The Bertz CT molecular complexity index is 891. The Hall–Kier alpha value is -2.70. The van der Waals surface area contributed by atoms with Crippen LogP contribution in [0.2, 0.25) is 0 Å². The highest BCUT2D eigenvalue weighted by molar-refractivity contribution is 6.64. The highest BCUT2D eigenvalue weighted by atomic mass is 35.5. The quantitative estimate of drug-likeness (QED) is 0.528. The largest absolute Gasteiger partial charge is 0.459 e. The van der Waals surface area contributed by atoms with Gasteiger partial charge in [0.1, 0.15) is 24.9 Å². The minimum Gasteiger partial charge on any atom is -0.459 e. The highest BCUT2D eigenvalue weighted by Gasteiger charge is 2.41. The third kappa shape index (κ3) is 5.43. The van der Waals surface area contributed by atoms with Gasteiger partial charge in [-0.05, 0) is 49.7 Å². The zero-order valence-corrected chi connectivity index (χ0v) is 16.8. The molecule has 0 unspecified atom stereocenters. The van der Waals surface area contributed by atoms with Crippen LogP contribution in [0.25, 0.3) is 0 Å². The van der Waals surface area contributed by atoms with E-state index in [0.29, 0.717) is 11.1 Å². The molecule has 0 saturated carbocycles. The van der Waals surface area contributed by atoms with Gasteiger partial charge < -0.3 is 14.2 Å². The number of carbonyl (C=O) groups excluding carboxylic acids is 3. The first-order chi connectivity index (χ1) is 13.8. The molecule has 1 aliphatic heterocycles. The number of halogens is 1. The molecule has 7 heteroatoms. The number of rotatable bonds is 6. The van der Waals surface area contributed by atoms with Crippen molar-refractivity contribution in [3.8, 4) is 0 Å². The van der Waals surface area contributed by atoms with E-state index in [1.807, 2.05) is 13.8 Å². The molecule has 0 bridgehead atoms. The molecule has 3 atom stereocenters. The van der Waals surface area contributed by atoms with Crippen molar-refractivity contribution in [1.29, 1.82) is 0 Å². The minimum atomic E-state index is -0.921. The van der Waals surface area contributed by atoms with Crippen LogP contribution in [-0.4, -0.2) is 42.1 Å². The summed E-state index contributed by atoms with van der Waals surface area (Å²) in [6, 6.07) is 13.8. The van der Waals surface area contributed by atoms with Gasteiger partial charge in [-0.25, -0.2) is 9.59 Å².